The fraction of sp³-hybridized carbons (Fsp3) is 0.154. The van der Waals surface area contributed by atoms with E-state index in [-0.39, 0.29) is 23.8 Å². The Hall–Kier alpha value is -3.98. The molecule has 0 N–H and O–H groups in total. The summed E-state index contributed by atoms with van der Waals surface area (Å²) in [6.07, 6.45) is 1.61. The number of ether oxygens (including phenoxy) is 4. The second-order valence-corrected chi connectivity index (χ2v) is 8.74. The summed E-state index contributed by atoms with van der Waals surface area (Å²) in [5.74, 6) is 1.45. The highest BCUT2D eigenvalue weighted by molar-refractivity contribution is 8.18. The summed E-state index contributed by atoms with van der Waals surface area (Å²) in [6, 6.07) is 16.9. The fourth-order valence-corrected chi connectivity index (χ4v) is 4.51. The molecule has 2 heterocycles. The van der Waals surface area contributed by atoms with Crippen molar-refractivity contribution in [1.82, 2.24) is 4.90 Å². The van der Waals surface area contributed by atoms with Crippen LogP contribution in [0.25, 0.3) is 6.08 Å². The Morgan fingerprint density at radius 3 is 2.69 bits per heavy atom. The third-order valence-corrected chi connectivity index (χ3v) is 6.38. The molecule has 0 radical (unpaired) electrons. The topological polar surface area (TPSA) is 74.3 Å². The van der Waals surface area contributed by atoms with Crippen molar-refractivity contribution < 1.29 is 32.9 Å². The van der Waals surface area contributed by atoms with Gasteiger partial charge in [-0.2, -0.15) is 0 Å². The second-order valence-electron chi connectivity index (χ2n) is 7.75. The number of nitrogens with zero attached hydrogens (tertiary/aromatic N) is 1. The Morgan fingerprint density at radius 1 is 1.03 bits per heavy atom. The number of carbonyl (C=O) groups is 2. The SMILES string of the molecule is COc1cc(/C=C2/SC(=O)N(Cc3ccccc3F)C2=O)ccc1OCc1ccc2c(c1)OCO2. The number of rotatable bonds is 7. The van der Waals surface area contributed by atoms with Crippen LogP contribution in [0, 0.1) is 5.82 Å². The van der Waals surface area contributed by atoms with Crippen molar-refractivity contribution in [3.05, 3.63) is 88.1 Å². The number of amides is 2. The van der Waals surface area contributed by atoms with Gasteiger partial charge in [0, 0.05) is 5.56 Å². The van der Waals surface area contributed by atoms with Gasteiger partial charge in [-0.3, -0.25) is 14.5 Å². The zero-order chi connectivity index (χ0) is 24.4. The first kappa shape index (κ1) is 22.8. The van der Waals surface area contributed by atoms with Gasteiger partial charge in [-0.05, 0) is 59.3 Å². The van der Waals surface area contributed by atoms with Crippen LogP contribution in [-0.4, -0.2) is 29.9 Å². The van der Waals surface area contributed by atoms with Gasteiger partial charge in [0.25, 0.3) is 11.1 Å². The minimum Gasteiger partial charge on any atom is -0.493 e. The van der Waals surface area contributed by atoms with Crippen LogP contribution in [0.2, 0.25) is 0 Å². The molecule has 3 aromatic rings. The Labute approximate surface area is 205 Å². The standard InChI is InChI=1S/C26H20FNO6S/c1-31-22-10-16(6-8-20(22)32-14-17-7-9-21-23(11-17)34-15-33-21)12-24-25(29)28(26(30)35-24)13-18-4-2-3-5-19(18)27/h2-12H,13-15H2,1H3/b24-12+. The molecule has 0 aromatic heterocycles. The quantitative estimate of drug-likeness (QED) is 0.409. The predicted octanol–water partition coefficient (Wildman–Crippen LogP) is 5.38. The average molecular weight is 494 g/mol. The van der Waals surface area contributed by atoms with E-state index in [2.05, 4.69) is 0 Å². The van der Waals surface area contributed by atoms with Gasteiger partial charge in [0.05, 0.1) is 18.6 Å². The molecular weight excluding hydrogens is 473 g/mol. The molecule has 2 aliphatic rings. The van der Waals surface area contributed by atoms with Crippen LogP contribution in [0.4, 0.5) is 9.18 Å². The maximum absolute atomic E-state index is 14.0. The normalized spacial score (nSPS) is 15.7. The number of benzene rings is 3. The highest BCUT2D eigenvalue weighted by atomic mass is 32.2. The summed E-state index contributed by atoms with van der Waals surface area (Å²) in [5, 5.41) is -0.444. The number of thioether (sulfide) groups is 1. The van der Waals surface area contributed by atoms with E-state index in [1.54, 1.807) is 42.5 Å². The first-order valence-corrected chi connectivity index (χ1v) is 11.5. The van der Waals surface area contributed by atoms with Gasteiger partial charge >= 0.3 is 0 Å². The maximum atomic E-state index is 14.0. The van der Waals surface area contributed by atoms with E-state index >= 15 is 0 Å². The largest absolute Gasteiger partial charge is 0.493 e. The van der Waals surface area contributed by atoms with Crippen molar-refractivity contribution in [2.45, 2.75) is 13.2 Å². The van der Waals surface area contributed by atoms with E-state index in [4.69, 9.17) is 18.9 Å². The Kier molecular flexibility index (Phi) is 6.33. The van der Waals surface area contributed by atoms with Crippen LogP contribution in [0.15, 0.2) is 65.6 Å². The molecule has 0 saturated carbocycles. The maximum Gasteiger partial charge on any atom is 0.293 e. The van der Waals surface area contributed by atoms with Crippen molar-refractivity contribution in [3.8, 4) is 23.0 Å². The Balaban J connectivity index is 1.29. The van der Waals surface area contributed by atoms with Crippen molar-refractivity contribution in [3.63, 3.8) is 0 Å². The van der Waals surface area contributed by atoms with E-state index in [1.165, 1.54) is 13.2 Å². The third-order valence-electron chi connectivity index (χ3n) is 5.48. The van der Waals surface area contributed by atoms with Crippen LogP contribution in [0.3, 0.4) is 0 Å². The lowest BCUT2D eigenvalue weighted by Gasteiger charge is -2.13. The minimum atomic E-state index is -0.467. The zero-order valence-electron chi connectivity index (χ0n) is 18.7. The monoisotopic (exact) mass is 493 g/mol. The van der Waals surface area contributed by atoms with E-state index in [0.717, 1.165) is 22.2 Å². The molecule has 7 nitrogen and oxygen atoms in total. The first-order chi connectivity index (χ1) is 17.0. The number of halogens is 1. The predicted molar refractivity (Wildman–Crippen MR) is 128 cm³/mol. The highest BCUT2D eigenvalue weighted by Gasteiger charge is 2.35. The summed E-state index contributed by atoms with van der Waals surface area (Å²) >= 11 is 0.819. The average Bonchev–Trinajstić information content (AvgIpc) is 3.44. The smallest absolute Gasteiger partial charge is 0.293 e. The van der Waals surface area contributed by atoms with Gasteiger partial charge < -0.3 is 18.9 Å². The van der Waals surface area contributed by atoms with Gasteiger partial charge in [-0.25, -0.2) is 4.39 Å². The van der Waals surface area contributed by atoms with Crippen LogP contribution in [0.5, 0.6) is 23.0 Å². The van der Waals surface area contributed by atoms with Crippen molar-refractivity contribution in [1.29, 1.82) is 0 Å². The Bertz CT molecular complexity index is 1340. The second kappa shape index (κ2) is 9.71. The summed E-state index contributed by atoms with van der Waals surface area (Å²) < 4.78 is 36.1. The molecule has 0 atom stereocenters. The molecule has 2 aliphatic heterocycles. The molecule has 3 aromatic carbocycles. The van der Waals surface area contributed by atoms with Crippen LogP contribution in [-0.2, 0) is 17.9 Å². The van der Waals surface area contributed by atoms with Crippen LogP contribution < -0.4 is 18.9 Å². The fourth-order valence-electron chi connectivity index (χ4n) is 3.67. The highest BCUT2D eigenvalue weighted by Crippen LogP contribution is 2.36. The molecule has 0 spiro atoms. The molecule has 0 unspecified atom stereocenters. The molecule has 9 heteroatoms. The number of methoxy groups -OCH3 is 1. The zero-order valence-corrected chi connectivity index (χ0v) is 19.5. The molecule has 5 rings (SSSR count). The molecule has 2 amide bonds. The lowest BCUT2D eigenvalue weighted by atomic mass is 10.1. The minimum absolute atomic E-state index is 0.120. The molecule has 1 fully saturated rings. The number of fused-ring (bicyclic) bond motifs is 1. The summed E-state index contributed by atoms with van der Waals surface area (Å²) in [7, 11) is 1.52. The van der Waals surface area contributed by atoms with Crippen molar-refractivity contribution in [2.75, 3.05) is 13.9 Å². The molecule has 35 heavy (non-hydrogen) atoms. The first-order valence-electron chi connectivity index (χ1n) is 10.7. The van der Waals surface area contributed by atoms with Gasteiger partial charge in [0.15, 0.2) is 23.0 Å². The molecule has 178 valence electrons. The molecule has 1 saturated heterocycles. The van der Waals surface area contributed by atoms with E-state index in [0.29, 0.717) is 35.2 Å². The van der Waals surface area contributed by atoms with Crippen LogP contribution >= 0.6 is 11.8 Å². The van der Waals surface area contributed by atoms with E-state index < -0.39 is 17.0 Å². The van der Waals surface area contributed by atoms with Crippen molar-refractivity contribution in [2.24, 2.45) is 0 Å². The van der Waals surface area contributed by atoms with E-state index in [1.807, 2.05) is 18.2 Å². The summed E-state index contributed by atoms with van der Waals surface area (Å²) in [5.41, 5.74) is 1.85. The van der Waals surface area contributed by atoms with E-state index in [9.17, 15) is 14.0 Å². The summed E-state index contributed by atoms with van der Waals surface area (Å²) in [6.45, 7) is 0.379. The lowest BCUT2D eigenvalue weighted by Crippen LogP contribution is -2.27. The molecule has 0 aliphatic carbocycles. The van der Waals surface area contributed by atoms with Gasteiger partial charge in [-0.1, -0.05) is 30.3 Å². The number of hydrogen-bond acceptors (Lipinski definition) is 7. The lowest BCUT2D eigenvalue weighted by molar-refractivity contribution is -0.123. The number of imide groups is 1. The van der Waals surface area contributed by atoms with Crippen molar-refractivity contribution >= 4 is 29.0 Å². The summed E-state index contributed by atoms with van der Waals surface area (Å²) in [4.78, 5) is 26.5. The molecule has 0 bridgehead atoms. The van der Waals surface area contributed by atoms with Gasteiger partial charge in [0.1, 0.15) is 12.4 Å². The Morgan fingerprint density at radius 2 is 1.86 bits per heavy atom. The number of hydrogen-bond donors (Lipinski definition) is 0. The number of carbonyl (C=O) groups excluding carboxylic acids is 2. The third kappa shape index (κ3) is 4.81. The van der Waals surface area contributed by atoms with Gasteiger partial charge in [-0.15, -0.1) is 0 Å². The van der Waals surface area contributed by atoms with Gasteiger partial charge in [0.2, 0.25) is 6.79 Å². The van der Waals surface area contributed by atoms with Crippen LogP contribution in [0.1, 0.15) is 16.7 Å². The molecular formula is C26H20FNO6S.